The molecule has 1 unspecified atom stereocenters. The zero-order valence-corrected chi connectivity index (χ0v) is 12.1. The number of nitrogens with one attached hydrogen (secondary N) is 1. The van der Waals surface area contributed by atoms with E-state index in [1.165, 1.54) is 17.0 Å². The number of amides is 2. The molecule has 2 amide bonds. The molecule has 0 heterocycles. The van der Waals surface area contributed by atoms with E-state index in [2.05, 4.69) is 17.2 Å². The van der Waals surface area contributed by atoms with Gasteiger partial charge in [-0.05, 0) is 25.1 Å². The first-order valence-electron chi connectivity index (χ1n) is 6.28. The summed E-state index contributed by atoms with van der Waals surface area (Å²) in [5.41, 5.74) is 0.193. The summed E-state index contributed by atoms with van der Waals surface area (Å²) in [5, 5.41) is 11.1. The van der Waals surface area contributed by atoms with Gasteiger partial charge in [0.05, 0.1) is 5.56 Å². The third-order valence-electron chi connectivity index (χ3n) is 2.69. The molecule has 5 nitrogen and oxygen atoms in total. The Hall–Kier alpha value is -2.39. The fraction of sp³-hybridized carbons (Fsp3) is 0.333. The molecule has 0 bridgehead atoms. The molecular weight excluding hydrogens is 275 g/mol. The first-order chi connectivity index (χ1) is 9.86. The van der Waals surface area contributed by atoms with Crippen molar-refractivity contribution in [3.8, 4) is 11.8 Å². The quantitative estimate of drug-likeness (QED) is 0.791. The van der Waals surface area contributed by atoms with Gasteiger partial charge in [-0.1, -0.05) is 11.8 Å². The summed E-state index contributed by atoms with van der Waals surface area (Å²) in [6, 6.07) is 3.10. The summed E-state index contributed by atoms with van der Waals surface area (Å²) in [6.07, 6.45) is 0. The maximum atomic E-state index is 13.7. The lowest BCUT2D eigenvalue weighted by Gasteiger charge is -2.18. The number of likely N-dealkylation sites (N-methyl/N-ethyl adjacent to an activating group) is 1. The Bertz CT molecular complexity index is 603. The number of aliphatic hydroxyl groups is 1. The number of aliphatic hydroxyl groups excluding tert-OH is 1. The number of rotatable bonds is 3. The second kappa shape index (κ2) is 7.41. The third-order valence-corrected chi connectivity index (χ3v) is 2.69. The lowest BCUT2D eigenvalue weighted by molar-refractivity contribution is -0.130. The van der Waals surface area contributed by atoms with Crippen molar-refractivity contribution < 1.29 is 19.1 Å². The van der Waals surface area contributed by atoms with Crippen LogP contribution < -0.4 is 5.32 Å². The van der Waals surface area contributed by atoms with Crippen LogP contribution in [0, 0.1) is 17.7 Å². The van der Waals surface area contributed by atoms with Crippen molar-refractivity contribution in [2.45, 2.75) is 13.0 Å². The molecule has 1 atom stereocenters. The zero-order chi connectivity index (χ0) is 16.0. The van der Waals surface area contributed by atoms with Crippen LogP contribution in [0.15, 0.2) is 18.2 Å². The normalized spacial score (nSPS) is 11.1. The summed E-state index contributed by atoms with van der Waals surface area (Å²) < 4.78 is 13.7. The van der Waals surface area contributed by atoms with Crippen LogP contribution in [0.1, 0.15) is 22.8 Å². The van der Waals surface area contributed by atoms with Crippen molar-refractivity contribution >= 4 is 11.8 Å². The van der Waals surface area contributed by atoms with Gasteiger partial charge in [-0.2, -0.15) is 0 Å². The monoisotopic (exact) mass is 292 g/mol. The first kappa shape index (κ1) is 16.7. The minimum absolute atomic E-state index is 0.0954. The topological polar surface area (TPSA) is 69.6 Å². The molecule has 0 aliphatic heterocycles. The van der Waals surface area contributed by atoms with E-state index >= 15 is 0 Å². The molecule has 0 aromatic heterocycles. The molecule has 0 aliphatic rings. The predicted molar refractivity (Wildman–Crippen MR) is 76.0 cm³/mol. The van der Waals surface area contributed by atoms with Gasteiger partial charge in [-0.25, -0.2) is 4.39 Å². The van der Waals surface area contributed by atoms with Crippen molar-refractivity contribution in [1.82, 2.24) is 10.2 Å². The molecule has 6 heteroatoms. The molecule has 0 saturated carbocycles. The number of benzene rings is 1. The van der Waals surface area contributed by atoms with Crippen molar-refractivity contribution in [3.05, 3.63) is 35.1 Å². The standard InChI is InChI=1S/C15H17FN2O3/c1-10(15(21)18(2)3)17-14(20)12-7-6-11(5-4-8-19)13(16)9-12/h6-7,9-10,19H,8H2,1-3H3,(H,17,20). The van der Waals surface area contributed by atoms with E-state index in [0.29, 0.717) is 0 Å². The number of nitrogens with zero attached hydrogens (tertiary/aromatic N) is 1. The summed E-state index contributed by atoms with van der Waals surface area (Å²) in [7, 11) is 3.17. The molecule has 2 N–H and O–H groups in total. The van der Waals surface area contributed by atoms with Crippen molar-refractivity contribution in [3.63, 3.8) is 0 Å². The largest absolute Gasteiger partial charge is 0.384 e. The molecule has 0 spiro atoms. The number of halogens is 1. The Morgan fingerprint density at radius 2 is 2.10 bits per heavy atom. The van der Waals surface area contributed by atoms with Gasteiger partial charge in [0.2, 0.25) is 5.91 Å². The minimum atomic E-state index is -0.704. The fourth-order valence-electron chi connectivity index (χ4n) is 1.62. The smallest absolute Gasteiger partial charge is 0.252 e. The van der Waals surface area contributed by atoms with Gasteiger partial charge in [0.15, 0.2) is 0 Å². The van der Waals surface area contributed by atoms with Crippen LogP contribution in [0.25, 0.3) is 0 Å². The van der Waals surface area contributed by atoms with Crippen LogP contribution in [0.3, 0.4) is 0 Å². The zero-order valence-electron chi connectivity index (χ0n) is 12.1. The highest BCUT2D eigenvalue weighted by Gasteiger charge is 2.18. The van der Waals surface area contributed by atoms with E-state index in [-0.39, 0.29) is 23.6 Å². The van der Waals surface area contributed by atoms with Crippen LogP contribution in [0.5, 0.6) is 0 Å². The molecule has 0 radical (unpaired) electrons. The summed E-state index contributed by atoms with van der Waals surface area (Å²) in [4.78, 5) is 24.9. The van der Waals surface area contributed by atoms with Gasteiger partial charge < -0.3 is 15.3 Å². The maximum absolute atomic E-state index is 13.7. The number of carbonyl (C=O) groups is 2. The summed E-state index contributed by atoms with van der Waals surface area (Å²) in [5.74, 6) is 3.31. The van der Waals surface area contributed by atoms with Gasteiger partial charge >= 0.3 is 0 Å². The van der Waals surface area contributed by atoms with E-state index in [4.69, 9.17) is 5.11 Å². The average Bonchev–Trinajstić information content (AvgIpc) is 2.44. The Morgan fingerprint density at radius 1 is 1.43 bits per heavy atom. The van der Waals surface area contributed by atoms with Crippen LogP contribution in [0.2, 0.25) is 0 Å². The van der Waals surface area contributed by atoms with Crippen molar-refractivity contribution in [1.29, 1.82) is 0 Å². The molecule has 21 heavy (non-hydrogen) atoms. The van der Waals surface area contributed by atoms with Crippen molar-refractivity contribution in [2.75, 3.05) is 20.7 Å². The molecule has 112 valence electrons. The molecule has 1 aromatic rings. The average molecular weight is 292 g/mol. The van der Waals surface area contributed by atoms with Crippen LogP contribution >= 0.6 is 0 Å². The molecule has 0 fully saturated rings. The first-order valence-corrected chi connectivity index (χ1v) is 6.28. The minimum Gasteiger partial charge on any atom is -0.384 e. The Kier molecular flexibility index (Phi) is 5.88. The fourth-order valence-corrected chi connectivity index (χ4v) is 1.62. The lowest BCUT2D eigenvalue weighted by atomic mass is 10.1. The third kappa shape index (κ3) is 4.58. The summed E-state index contributed by atoms with van der Waals surface area (Å²) in [6.45, 7) is 1.18. The lowest BCUT2D eigenvalue weighted by Crippen LogP contribution is -2.44. The predicted octanol–water partition coefficient (Wildman–Crippen LogP) is 0.376. The summed E-state index contributed by atoms with van der Waals surface area (Å²) >= 11 is 0. The number of hydrogen-bond acceptors (Lipinski definition) is 3. The Morgan fingerprint density at radius 3 is 2.62 bits per heavy atom. The Balaban J connectivity index is 2.84. The van der Waals surface area contributed by atoms with Gasteiger partial charge in [0, 0.05) is 19.7 Å². The SMILES string of the molecule is CC(NC(=O)c1ccc(C#CCO)c(F)c1)C(=O)N(C)C. The van der Waals surface area contributed by atoms with Crippen LogP contribution in [0.4, 0.5) is 4.39 Å². The molecule has 1 aromatic carbocycles. The second-order valence-electron chi connectivity index (χ2n) is 4.58. The molecule has 0 saturated heterocycles. The number of carbonyl (C=O) groups excluding carboxylic acids is 2. The van der Waals surface area contributed by atoms with E-state index in [1.54, 1.807) is 21.0 Å². The van der Waals surface area contributed by atoms with Gasteiger partial charge in [-0.15, -0.1) is 0 Å². The highest BCUT2D eigenvalue weighted by Crippen LogP contribution is 2.10. The van der Waals surface area contributed by atoms with Crippen LogP contribution in [-0.4, -0.2) is 48.6 Å². The van der Waals surface area contributed by atoms with E-state index in [9.17, 15) is 14.0 Å². The van der Waals surface area contributed by atoms with Crippen molar-refractivity contribution in [2.24, 2.45) is 0 Å². The second-order valence-corrected chi connectivity index (χ2v) is 4.58. The Labute approximate surface area is 122 Å². The highest BCUT2D eigenvalue weighted by molar-refractivity contribution is 5.97. The van der Waals surface area contributed by atoms with E-state index in [0.717, 1.165) is 6.07 Å². The van der Waals surface area contributed by atoms with E-state index < -0.39 is 17.8 Å². The molecular formula is C15H17FN2O3. The highest BCUT2D eigenvalue weighted by atomic mass is 19.1. The molecule has 1 rings (SSSR count). The van der Waals surface area contributed by atoms with Gasteiger partial charge in [-0.3, -0.25) is 9.59 Å². The number of hydrogen-bond donors (Lipinski definition) is 2. The van der Waals surface area contributed by atoms with Gasteiger partial charge in [0.1, 0.15) is 18.5 Å². The van der Waals surface area contributed by atoms with Crippen LogP contribution in [-0.2, 0) is 4.79 Å². The maximum Gasteiger partial charge on any atom is 0.252 e. The van der Waals surface area contributed by atoms with Gasteiger partial charge in [0.25, 0.3) is 5.91 Å². The van der Waals surface area contributed by atoms with E-state index in [1.807, 2.05) is 0 Å². The molecule has 0 aliphatic carbocycles.